The van der Waals surface area contributed by atoms with Gasteiger partial charge in [0, 0.05) is 11.0 Å². The fourth-order valence-electron chi connectivity index (χ4n) is 1.14. The number of carbonyl (C=O) groups excluding carboxylic acids is 2. The first-order valence-electron chi connectivity index (χ1n) is 3.83. The van der Waals surface area contributed by atoms with E-state index in [4.69, 9.17) is 4.74 Å². The van der Waals surface area contributed by atoms with Gasteiger partial charge in [-0.2, -0.15) is 0 Å². The van der Waals surface area contributed by atoms with Gasteiger partial charge in [0.05, 0.1) is 0 Å². The summed E-state index contributed by atoms with van der Waals surface area (Å²) in [7, 11) is 0. The lowest BCUT2D eigenvalue weighted by Crippen LogP contribution is -2.14. The number of carbonyl (C=O) groups is 2. The van der Waals surface area contributed by atoms with Crippen molar-refractivity contribution < 1.29 is 14.3 Å². The van der Waals surface area contributed by atoms with Crippen LogP contribution in [0.25, 0.3) is 0 Å². The van der Waals surface area contributed by atoms with E-state index >= 15 is 0 Å². The van der Waals surface area contributed by atoms with E-state index in [1.54, 1.807) is 0 Å². The van der Waals surface area contributed by atoms with Crippen LogP contribution in [-0.2, 0) is 14.3 Å². The minimum Gasteiger partial charge on any atom is -0.461 e. The summed E-state index contributed by atoms with van der Waals surface area (Å²) >= 11 is 0. The largest absolute Gasteiger partial charge is 0.461 e. The van der Waals surface area contributed by atoms with Crippen LogP contribution in [0.1, 0.15) is 20.8 Å². The second kappa shape index (κ2) is 2.73. The van der Waals surface area contributed by atoms with E-state index in [1.807, 2.05) is 13.8 Å². The zero-order valence-electron chi connectivity index (χ0n) is 7.51. The van der Waals surface area contributed by atoms with Crippen LogP contribution < -0.4 is 0 Å². The van der Waals surface area contributed by atoms with Crippen LogP contribution >= 0.6 is 0 Å². The molecular formula is C9H12O3. The van der Waals surface area contributed by atoms with Gasteiger partial charge in [-0.25, -0.2) is 4.79 Å². The van der Waals surface area contributed by atoms with Crippen molar-refractivity contribution in [2.75, 3.05) is 6.61 Å². The first kappa shape index (κ1) is 8.97. The van der Waals surface area contributed by atoms with Crippen LogP contribution in [0, 0.1) is 5.41 Å². The highest BCUT2D eigenvalue weighted by Gasteiger charge is 2.37. The van der Waals surface area contributed by atoms with E-state index in [2.05, 4.69) is 0 Å². The minimum atomic E-state index is -0.366. The Morgan fingerprint density at radius 1 is 1.58 bits per heavy atom. The molecule has 1 aliphatic rings. The summed E-state index contributed by atoms with van der Waals surface area (Å²) in [6.07, 6.45) is 1.36. The van der Waals surface area contributed by atoms with Gasteiger partial charge in [0.2, 0.25) is 0 Å². The molecule has 1 fully saturated rings. The van der Waals surface area contributed by atoms with Gasteiger partial charge >= 0.3 is 5.97 Å². The highest BCUT2D eigenvalue weighted by molar-refractivity contribution is 6.00. The smallest absolute Gasteiger partial charge is 0.334 e. The monoisotopic (exact) mass is 168 g/mol. The summed E-state index contributed by atoms with van der Waals surface area (Å²) in [5.74, 6) is -0.480. The molecule has 0 aromatic heterocycles. The summed E-state index contributed by atoms with van der Waals surface area (Å²) in [4.78, 5) is 21.8. The second-order valence-corrected chi connectivity index (χ2v) is 3.63. The molecule has 0 radical (unpaired) electrons. The summed E-state index contributed by atoms with van der Waals surface area (Å²) < 4.78 is 4.82. The summed E-state index contributed by atoms with van der Waals surface area (Å²) in [6, 6.07) is 0. The number of cyclic esters (lactones) is 1. The summed E-state index contributed by atoms with van der Waals surface area (Å²) in [6.45, 7) is 5.55. The molecule has 0 N–H and O–H groups in total. The predicted molar refractivity (Wildman–Crippen MR) is 43.5 cm³/mol. The Labute approximate surface area is 71.4 Å². The van der Waals surface area contributed by atoms with Crippen molar-refractivity contribution in [1.29, 1.82) is 0 Å². The van der Waals surface area contributed by atoms with Gasteiger partial charge in [0.15, 0.2) is 5.78 Å². The van der Waals surface area contributed by atoms with Gasteiger partial charge < -0.3 is 4.74 Å². The lowest BCUT2D eigenvalue weighted by Gasteiger charge is -2.13. The Hall–Kier alpha value is -1.12. The molecule has 1 heterocycles. The molecule has 12 heavy (non-hydrogen) atoms. The zero-order valence-corrected chi connectivity index (χ0v) is 7.51. The predicted octanol–water partition coefficient (Wildman–Crippen LogP) is 1.08. The molecule has 0 bridgehead atoms. The minimum absolute atomic E-state index is 0.114. The molecule has 0 aliphatic carbocycles. The molecule has 0 amide bonds. The standard InChI is InChI=1S/C9H12O3/c1-6(10)4-7-8(11)12-5-9(7,2)3/h4H,5H2,1-3H3. The molecule has 3 nitrogen and oxygen atoms in total. The molecule has 0 aromatic rings. The number of hydrogen-bond acceptors (Lipinski definition) is 3. The number of rotatable bonds is 1. The second-order valence-electron chi connectivity index (χ2n) is 3.63. The molecule has 0 spiro atoms. The Balaban J connectivity index is 3.00. The van der Waals surface area contributed by atoms with Gasteiger partial charge in [0.1, 0.15) is 6.61 Å². The van der Waals surface area contributed by atoms with Crippen LogP contribution in [-0.4, -0.2) is 18.4 Å². The fourth-order valence-corrected chi connectivity index (χ4v) is 1.14. The van der Waals surface area contributed by atoms with Crippen LogP contribution in [0.4, 0.5) is 0 Å². The fraction of sp³-hybridized carbons (Fsp3) is 0.556. The molecule has 0 aromatic carbocycles. The Morgan fingerprint density at radius 3 is 2.50 bits per heavy atom. The van der Waals surface area contributed by atoms with E-state index in [9.17, 15) is 9.59 Å². The maximum absolute atomic E-state index is 11.1. The first-order chi connectivity index (χ1) is 5.43. The number of esters is 1. The molecule has 3 heteroatoms. The molecule has 0 unspecified atom stereocenters. The van der Waals surface area contributed by atoms with Crippen molar-refractivity contribution in [3.63, 3.8) is 0 Å². The average molecular weight is 168 g/mol. The number of ether oxygens (including phenoxy) is 1. The van der Waals surface area contributed by atoms with Crippen molar-refractivity contribution in [2.24, 2.45) is 5.41 Å². The van der Waals surface area contributed by atoms with Crippen LogP contribution in [0.3, 0.4) is 0 Å². The normalized spacial score (nSPS) is 24.2. The third kappa shape index (κ3) is 1.55. The Kier molecular flexibility index (Phi) is 2.04. The third-order valence-electron chi connectivity index (χ3n) is 1.86. The van der Waals surface area contributed by atoms with E-state index in [0.29, 0.717) is 12.2 Å². The van der Waals surface area contributed by atoms with Crippen LogP contribution in [0.15, 0.2) is 11.6 Å². The first-order valence-corrected chi connectivity index (χ1v) is 3.83. The highest BCUT2D eigenvalue weighted by atomic mass is 16.5. The van der Waals surface area contributed by atoms with Crippen molar-refractivity contribution in [3.05, 3.63) is 11.6 Å². The quantitative estimate of drug-likeness (QED) is 0.434. The number of allylic oxidation sites excluding steroid dienone is 1. The van der Waals surface area contributed by atoms with Crippen molar-refractivity contribution in [2.45, 2.75) is 20.8 Å². The molecule has 1 saturated heterocycles. The number of ketones is 1. The average Bonchev–Trinajstić information content (AvgIpc) is 2.15. The maximum atomic E-state index is 11.1. The molecule has 0 atom stereocenters. The van der Waals surface area contributed by atoms with Crippen molar-refractivity contribution in [1.82, 2.24) is 0 Å². The SMILES string of the molecule is CC(=O)C=C1C(=O)OCC1(C)C. The molecular weight excluding hydrogens is 156 g/mol. The Morgan fingerprint density at radius 2 is 2.17 bits per heavy atom. The van der Waals surface area contributed by atoms with Gasteiger partial charge in [-0.3, -0.25) is 4.79 Å². The van der Waals surface area contributed by atoms with E-state index in [0.717, 1.165) is 0 Å². The zero-order chi connectivity index (χ0) is 9.35. The maximum Gasteiger partial charge on any atom is 0.334 e. The van der Waals surface area contributed by atoms with Crippen molar-refractivity contribution >= 4 is 11.8 Å². The van der Waals surface area contributed by atoms with Crippen LogP contribution in [0.5, 0.6) is 0 Å². The highest BCUT2D eigenvalue weighted by Crippen LogP contribution is 2.33. The number of hydrogen-bond donors (Lipinski definition) is 0. The van der Waals surface area contributed by atoms with E-state index < -0.39 is 0 Å². The lowest BCUT2D eigenvalue weighted by atomic mass is 9.86. The summed E-state index contributed by atoms with van der Waals surface area (Å²) in [5.41, 5.74) is 0.165. The lowest BCUT2D eigenvalue weighted by molar-refractivity contribution is -0.135. The molecule has 0 saturated carbocycles. The molecule has 66 valence electrons. The Bertz CT molecular complexity index is 261. The van der Waals surface area contributed by atoms with Gasteiger partial charge in [-0.05, 0) is 13.0 Å². The topological polar surface area (TPSA) is 43.4 Å². The molecule has 1 rings (SSSR count). The third-order valence-corrected chi connectivity index (χ3v) is 1.86. The van der Waals surface area contributed by atoms with Crippen LogP contribution in [0.2, 0.25) is 0 Å². The van der Waals surface area contributed by atoms with Gasteiger partial charge in [-0.15, -0.1) is 0 Å². The van der Waals surface area contributed by atoms with Crippen molar-refractivity contribution in [3.8, 4) is 0 Å². The van der Waals surface area contributed by atoms with E-state index in [-0.39, 0.29) is 17.2 Å². The van der Waals surface area contributed by atoms with Gasteiger partial charge in [0.25, 0.3) is 0 Å². The molecule has 1 aliphatic heterocycles. The van der Waals surface area contributed by atoms with Gasteiger partial charge in [-0.1, -0.05) is 13.8 Å². The van der Waals surface area contributed by atoms with E-state index in [1.165, 1.54) is 13.0 Å². The summed E-state index contributed by atoms with van der Waals surface area (Å²) in [5, 5.41) is 0.